The molecule has 1 aromatic carbocycles. The molecule has 0 fully saturated rings. The normalized spacial score (nSPS) is 13.1. The Labute approximate surface area is 122 Å². The lowest BCUT2D eigenvalue weighted by atomic mass is 10.0. The number of aromatic nitrogens is 1. The molecule has 0 saturated heterocycles. The summed E-state index contributed by atoms with van der Waals surface area (Å²) in [7, 11) is 0. The number of aromatic amines is 1. The zero-order chi connectivity index (χ0) is 15.6. The lowest BCUT2D eigenvalue weighted by Crippen LogP contribution is -2.54. The van der Waals surface area contributed by atoms with Crippen LogP contribution in [-0.4, -0.2) is 33.5 Å². The molecule has 1 atom stereocenters. The third kappa shape index (κ3) is 3.41. The number of aliphatic carboxylic acids is 1. The number of carboxylic acid groups (broad SMARTS) is 1. The average molecular weight is 289 g/mol. The van der Waals surface area contributed by atoms with Crippen LogP contribution >= 0.6 is 0 Å². The third-order valence-electron chi connectivity index (χ3n) is 3.29. The van der Waals surface area contributed by atoms with Gasteiger partial charge in [-0.15, -0.1) is 0 Å². The Morgan fingerprint density at radius 2 is 2.05 bits per heavy atom. The fourth-order valence-electron chi connectivity index (χ4n) is 2.06. The highest BCUT2D eigenvalue weighted by Crippen LogP contribution is 2.19. The van der Waals surface area contributed by atoms with Crippen LogP contribution in [0.4, 0.5) is 0 Å². The SMILES string of the molecule is CC(C)(N)C(=O)N[C@@H](Cc1c[nH]c2ccccc12)C(=O)O. The van der Waals surface area contributed by atoms with Crippen molar-refractivity contribution in [2.24, 2.45) is 5.73 Å². The molecule has 0 aliphatic carbocycles. The van der Waals surface area contributed by atoms with E-state index in [4.69, 9.17) is 5.73 Å². The molecule has 1 heterocycles. The molecule has 6 nitrogen and oxygen atoms in total. The van der Waals surface area contributed by atoms with E-state index in [-0.39, 0.29) is 6.42 Å². The lowest BCUT2D eigenvalue weighted by Gasteiger charge is -2.21. The standard InChI is InChI=1S/C15H19N3O3/c1-15(2,16)14(21)18-12(13(19)20)7-9-8-17-11-6-4-3-5-10(9)11/h3-6,8,12,17H,7,16H2,1-2H3,(H,18,21)(H,19,20)/t12-/m0/s1. The number of para-hydroxylation sites is 1. The maximum Gasteiger partial charge on any atom is 0.326 e. The second kappa shape index (κ2) is 5.57. The quantitative estimate of drug-likeness (QED) is 0.659. The molecule has 1 aromatic heterocycles. The smallest absolute Gasteiger partial charge is 0.326 e. The molecular formula is C15H19N3O3. The maximum absolute atomic E-state index is 11.9. The van der Waals surface area contributed by atoms with Crippen molar-refractivity contribution in [1.82, 2.24) is 10.3 Å². The molecule has 112 valence electrons. The predicted octanol–water partition coefficient (Wildman–Crippen LogP) is 1.02. The van der Waals surface area contributed by atoms with Gasteiger partial charge >= 0.3 is 5.97 Å². The Morgan fingerprint density at radius 3 is 2.67 bits per heavy atom. The minimum absolute atomic E-state index is 0.196. The largest absolute Gasteiger partial charge is 0.480 e. The molecule has 0 bridgehead atoms. The number of hydrogen-bond acceptors (Lipinski definition) is 3. The van der Waals surface area contributed by atoms with Crippen molar-refractivity contribution in [3.05, 3.63) is 36.0 Å². The Hall–Kier alpha value is -2.34. The van der Waals surface area contributed by atoms with Gasteiger partial charge in [0.1, 0.15) is 6.04 Å². The van der Waals surface area contributed by atoms with Crippen LogP contribution in [-0.2, 0) is 16.0 Å². The van der Waals surface area contributed by atoms with Gasteiger partial charge in [-0.25, -0.2) is 4.79 Å². The number of fused-ring (bicyclic) bond motifs is 1. The number of benzene rings is 1. The van der Waals surface area contributed by atoms with E-state index in [9.17, 15) is 14.7 Å². The minimum Gasteiger partial charge on any atom is -0.480 e. The van der Waals surface area contributed by atoms with E-state index in [1.165, 1.54) is 13.8 Å². The molecular weight excluding hydrogens is 270 g/mol. The van der Waals surface area contributed by atoms with Crippen molar-refractivity contribution in [2.75, 3.05) is 0 Å². The molecule has 5 N–H and O–H groups in total. The van der Waals surface area contributed by atoms with Crippen LogP contribution in [0.15, 0.2) is 30.5 Å². The molecule has 0 unspecified atom stereocenters. The van der Waals surface area contributed by atoms with Gasteiger partial charge in [0.15, 0.2) is 0 Å². The summed E-state index contributed by atoms with van der Waals surface area (Å²) < 4.78 is 0. The van der Waals surface area contributed by atoms with Gasteiger partial charge in [-0.1, -0.05) is 18.2 Å². The number of hydrogen-bond donors (Lipinski definition) is 4. The first kappa shape index (κ1) is 15.1. The van der Waals surface area contributed by atoms with Crippen molar-refractivity contribution < 1.29 is 14.7 Å². The minimum atomic E-state index is -1.12. The summed E-state index contributed by atoms with van der Waals surface area (Å²) in [6.07, 6.45) is 1.96. The van der Waals surface area contributed by atoms with Crippen LogP contribution in [0, 0.1) is 0 Å². The average Bonchev–Trinajstić information content (AvgIpc) is 2.80. The molecule has 0 spiro atoms. The summed E-state index contributed by atoms with van der Waals surface area (Å²) in [6, 6.07) is 6.59. The van der Waals surface area contributed by atoms with Crippen molar-refractivity contribution in [2.45, 2.75) is 31.8 Å². The van der Waals surface area contributed by atoms with Crippen molar-refractivity contribution in [1.29, 1.82) is 0 Å². The molecule has 6 heteroatoms. The maximum atomic E-state index is 11.9. The zero-order valence-electron chi connectivity index (χ0n) is 12.0. The molecule has 0 radical (unpaired) electrons. The van der Waals surface area contributed by atoms with E-state index in [2.05, 4.69) is 10.3 Å². The Bertz CT molecular complexity index is 670. The van der Waals surface area contributed by atoms with Crippen LogP contribution in [0.1, 0.15) is 19.4 Å². The van der Waals surface area contributed by atoms with Gasteiger partial charge in [-0.3, -0.25) is 4.79 Å². The van der Waals surface area contributed by atoms with Crippen molar-refractivity contribution in [3.63, 3.8) is 0 Å². The van der Waals surface area contributed by atoms with Crippen LogP contribution in [0.25, 0.3) is 10.9 Å². The summed E-state index contributed by atoms with van der Waals surface area (Å²) >= 11 is 0. The summed E-state index contributed by atoms with van der Waals surface area (Å²) in [6.45, 7) is 3.07. The monoisotopic (exact) mass is 289 g/mol. The Kier molecular flexibility index (Phi) is 3.99. The Morgan fingerprint density at radius 1 is 1.38 bits per heavy atom. The van der Waals surface area contributed by atoms with Gasteiger partial charge in [-0.2, -0.15) is 0 Å². The lowest BCUT2D eigenvalue weighted by molar-refractivity contribution is -0.142. The highest BCUT2D eigenvalue weighted by atomic mass is 16.4. The molecule has 21 heavy (non-hydrogen) atoms. The summed E-state index contributed by atoms with van der Waals surface area (Å²) in [5.41, 5.74) is 6.34. The summed E-state index contributed by atoms with van der Waals surface area (Å²) in [5.74, 6) is -1.58. The van der Waals surface area contributed by atoms with Crippen LogP contribution in [0.5, 0.6) is 0 Å². The van der Waals surface area contributed by atoms with Crippen molar-refractivity contribution >= 4 is 22.8 Å². The number of nitrogens with one attached hydrogen (secondary N) is 2. The molecule has 1 amide bonds. The number of carbonyl (C=O) groups is 2. The van der Waals surface area contributed by atoms with Crippen LogP contribution < -0.4 is 11.1 Å². The van der Waals surface area contributed by atoms with Gasteiger partial charge in [0.05, 0.1) is 5.54 Å². The van der Waals surface area contributed by atoms with Gasteiger partial charge in [0.25, 0.3) is 0 Å². The molecule has 0 aliphatic heterocycles. The topological polar surface area (TPSA) is 108 Å². The zero-order valence-corrected chi connectivity index (χ0v) is 12.0. The van der Waals surface area contributed by atoms with E-state index in [1.54, 1.807) is 6.20 Å². The van der Waals surface area contributed by atoms with Crippen LogP contribution in [0.2, 0.25) is 0 Å². The van der Waals surface area contributed by atoms with Gasteiger partial charge in [-0.05, 0) is 25.5 Å². The number of rotatable bonds is 5. The number of carbonyl (C=O) groups excluding carboxylic acids is 1. The summed E-state index contributed by atoms with van der Waals surface area (Å²) in [4.78, 5) is 26.3. The van der Waals surface area contributed by atoms with E-state index >= 15 is 0 Å². The first-order chi connectivity index (χ1) is 9.79. The van der Waals surface area contributed by atoms with E-state index in [0.717, 1.165) is 16.5 Å². The summed E-state index contributed by atoms with van der Waals surface area (Å²) in [5, 5.41) is 12.7. The second-order valence-corrected chi connectivity index (χ2v) is 5.65. The Balaban J connectivity index is 2.21. The second-order valence-electron chi connectivity index (χ2n) is 5.65. The number of amides is 1. The fraction of sp³-hybridized carbons (Fsp3) is 0.333. The number of carboxylic acids is 1. The van der Waals surface area contributed by atoms with Crippen molar-refractivity contribution in [3.8, 4) is 0 Å². The molecule has 2 aromatic rings. The molecule has 0 saturated carbocycles. The van der Waals surface area contributed by atoms with Gasteiger partial charge < -0.3 is 21.1 Å². The molecule has 0 aliphatic rings. The van der Waals surface area contributed by atoms with Gasteiger partial charge in [0.2, 0.25) is 5.91 Å². The predicted molar refractivity (Wildman–Crippen MR) is 79.8 cm³/mol. The van der Waals surface area contributed by atoms with E-state index in [0.29, 0.717) is 0 Å². The number of nitrogens with two attached hydrogens (primary N) is 1. The fourth-order valence-corrected chi connectivity index (χ4v) is 2.06. The first-order valence-corrected chi connectivity index (χ1v) is 6.66. The van der Waals surface area contributed by atoms with Gasteiger partial charge in [0, 0.05) is 23.5 Å². The number of H-pyrrole nitrogens is 1. The third-order valence-corrected chi connectivity index (χ3v) is 3.29. The first-order valence-electron chi connectivity index (χ1n) is 6.66. The highest BCUT2D eigenvalue weighted by molar-refractivity contribution is 5.90. The van der Waals surface area contributed by atoms with Crippen LogP contribution in [0.3, 0.4) is 0 Å². The molecule has 2 rings (SSSR count). The van der Waals surface area contributed by atoms with E-state index < -0.39 is 23.5 Å². The van der Waals surface area contributed by atoms with E-state index in [1.807, 2.05) is 24.3 Å². The highest BCUT2D eigenvalue weighted by Gasteiger charge is 2.28.